The predicted octanol–water partition coefficient (Wildman–Crippen LogP) is 3.26. The van der Waals surface area contributed by atoms with Crippen LogP contribution in [-0.2, 0) is 10.0 Å². The van der Waals surface area contributed by atoms with E-state index in [9.17, 15) is 22.4 Å². The molecule has 2 aromatic carbocycles. The van der Waals surface area contributed by atoms with E-state index in [1.54, 1.807) is 42.7 Å². The van der Waals surface area contributed by atoms with Crippen molar-refractivity contribution in [2.24, 2.45) is 0 Å². The molecule has 0 radical (unpaired) electrons. The fourth-order valence-corrected chi connectivity index (χ4v) is 5.16. The summed E-state index contributed by atoms with van der Waals surface area (Å²) in [6.45, 7) is 2.93. The van der Waals surface area contributed by atoms with E-state index in [1.807, 2.05) is 0 Å². The van der Waals surface area contributed by atoms with Crippen LogP contribution in [0.3, 0.4) is 0 Å². The van der Waals surface area contributed by atoms with E-state index in [2.05, 4.69) is 0 Å². The lowest BCUT2D eigenvalue weighted by molar-refractivity contribution is 0.0820. The quantitative estimate of drug-likeness (QED) is 0.617. The number of sulfonamides is 1. The number of benzene rings is 2. The van der Waals surface area contributed by atoms with E-state index in [0.717, 1.165) is 5.69 Å². The van der Waals surface area contributed by atoms with E-state index < -0.39 is 28.3 Å². The number of rotatable bonds is 4. The van der Waals surface area contributed by atoms with Gasteiger partial charge >= 0.3 is 0 Å². The van der Waals surface area contributed by atoms with Crippen LogP contribution in [0.4, 0.5) is 4.39 Å². The summed E-state index contributed by atoms with van der Waals surface area (Å²) >= 11 is 0. The second-order valence-corrected chi connectivity index (χ2v) is 8.66. The van der Waals surface area contributed by atoms with Crippen LogP contribution >= 0.6 is 0 Å². The number of aryl methyl sites for hydroxylation is 1. The minimum Gasteiger partial charge on any atom is -0.318 e. The Morgan fingerprint density at radius 2 is 1.69 bits per heavy atom. The minimum absolute atomic E-state index is 0.0667. The Hall–Kier alpha value is -3.26. The summed E-state index contributed by atoms with van der Waals surface area (Å²) in [5.41, 5.74) is 2.37. The molecule has 29 heavy (non-hydrogen) atoms. The Bertz CT molecular complexity index is 1260. The summed E-state index contributed by atoms with van der Waals surface area (Å²) < 4.78 is 41.0. The molecule has 1 aliphatic heterocycles. The molecule has 4 rings (SSSR count). The van der Waals surface area contributed by atoms with Gasteiger partial charge in [0.2, 0.25) is 0 Å². The number of Topliss-reactive ketones (excluding diaryl/α,β-unsaturated/α-hetero) is 1. The Kier molecular flexibility index (Phi) is 4.38. The topological polar surface area (TPSA) is 76.5 Å². The zero-order valence-corrected chi connectivity index (χ0v) is 16.5. The Morgan fingerprint density at radius 3 is 2.34 bits per heavy atom. The molecule has 2 heterocycles. The molecular weight excluding hydrogens is 395 g/mol. The maximum absolute atomic E-state index is 13.2. The molecule has 1 aliphatic rings. The first-order chi connectivity index (χ1) is 13.7. The van der Waals surface area contributed by atoms with Crippen LogP contribution in [0.2, 0.25) is 0 Å². The second-order valence-electron chi connectivity index (χ2n) is 6.83. The van der Waals surface area contributed by atoms with E-state index in [4.69, 9.17) is 0 Å². The molecule has 0 N–H and O–H groups in total. The summed E-state index contributed by atoms with van der Waals surface area (Å²) in [6, 6.07) is 13.4. The van der Waals surface area contributed by atoms with Crippen molar-refractivity contribution < 1.29 is 22.4 Å². The number of hydrogen-bond donors (Lipinski definition) is 0. The summed E-state index contributed by atoms with van der Waals surface area (Å²) in [4.78, 5) is 25.4. The van der Waals surface area contributed by atoms with E-state index >= 15 is 0 Å². The Labute approximate surface area is 167 Å². The molecule has 0 unspecified atom stereocenters. The summed E-state index contributed by atoms with van der Waals surface area (Å²) in [5, 5.41) is 0. The Balaban J connectivity index is 1.68. The number of hydrogen-bond acceptors (Lipinski definition) is 4. The van der Waals surface area contributed by atoms with E-state index in [-0.39, 0.29) is 16.3 Å². The maximum Gasteiger partial charge on any atom is 0.269 e. The number of aromatic nitrogens is 1. The smallest absolute Gasteiger partial charge is 0.269 e. The average Bonchev–Trinajstić information content (AvgIpc) is 3.09. The summed E-state index contributed by atoms with van der Waals surface area (Å²) in [5.74, 6) is -1.57. The van der Waals surface area contributed by atoms with Crippen molar-refractivity contribution in [3.05, 3.63) is 82.9 Å². The minimum atomic E-state index is -4.06. The molecule has 0 spiro atoms. The normalized spacial score (nSPS) is 14.9. The number of nitrogens with zero attached hydrogens (tertiary/aromatic N) is 2. The third-order valence-electron chi connectivity index (χ3n) is 5.02. The van der Waals surface area contributed by atoms with Crippen molar-refractivity contribution in [1.29, 1.82) is 0 Å². The van der Waals surface area contributed by atoms with Crippen LogP contribution in [0, 0.1) is 19.7 Å². The standard InChI is InChI=1S/C21H17FN2O4S/c1-13-11-18(14(2)24(13)16-9-7-15(22)8-10-16)19(25)12-23-21(26)17-5-3-4-6-20(17)29(23,27)28/h3-11H,12H2,1-2H3. The number of halogens is 1. The highest BCUT2D eigenvalue weighted by atomic mass is 32.2. The van der Waals surface area contributed by atoms with Crippen LogP contribution < -0.4 is 0 Å². The van der Waals surface area contributed by atoms with E-state index in [0.29, 0.717) is 21.2 Å². The van der Waals surface area contributed by atoms with Crippen LogP contribution in [-0.4, -0.2) is 35.5 Å². The monoisotopic (exact) mass is 412 g/mol. The fraction of sp³-hybridized carbons (Fsp3) is 0.143. The highest BCUT2D eigenvalue weighted by molar-refractivity contribution is 7.90. The molecule has 0 aliphatic carbocycles. The third-order valence-corrected chi connectivity index (χ3v) is 6.80. The lowest BCUT2D eigenvalue weighted by Crippen LogP contribution is -2.35. The molecule has 8 heteroatoms. The van der Waals surface area contributed by atoms with Crippen molar-refractivity contribution in [2.75, 3.05) is 6.54 Å². The van der Waals surface area contributed by atoms with Crippen molar-refractivity contribution in [1.82, 2.24) is 8.87 Å². The first-order valence-electron chi connectivity index (χ1n) is 8.86. The number of fused-ring (bicyclic) bond motifs is 1. The van der Waals surface area contributed by atoms with Gasteiger partial charge in [0.1, 0.15) is 17.3 Å². The highest BCUT2D eigenvalue weighted by Gasteiger charge is 2.42. The van der Waals surface area contributed by atoms with Crippen LogP contribution in [0.25, 0.3) is 5.69 Å². The number of amides is 1. The molecule has 1 amide bonds. The largest absolute Gasteiger partial charge is 0.318 e. The van der Waals surface area contributed by atoms with E-state index in [1.165, 1.54) is 30.3 Å². The number of carbonyl (C=O) groups is 2. The molecule has 0 bridgehead atoms. The molecule has 0 saturated carbocycles. The zero-order chi connectivity index (χ0) is 20.9. The molecule has 6 nitrogen and oxygen atoms in total. The van der Waals surface area contributed by atoms with Gasteiger partial charge in [0.05, 0.1) is 5.56 Å². The first kappa shape index (κ1) is 19.1. The molecular formula is C21H17FN2O4S. The molecule has 0 fully saturated rings. The molecule has 148 valence electrons. The van der Waals surface area contributed by atoms with Crippen LogP contribution in [0.1, 0.15) is 32.1 Å². The first-order valence-corrected chi connectivity index (χ1v) is 10.3. The van der Waals surface area contributed by atoms with Gasteiger partial charge in [-0.25, -0.2) is 17.1 Å². The van der Waals surface area contributed by atoms with Gasteiger partial charge in [-0.15, -0.1) is 0 Å². The van der Waals surface area contributed by atoms with Gasteiger partial charge in [-0.2, -0.15) is 0 Å². The zero-order valence-electron chi connectivity index (χ0n) is 15.7. The average molecular weight is 412 g/mol. The SMILES string of the molecule is Cc1cc(C(=O)CN2C(=O)c3ccccc3S2(=O)=O)c(C)n1-c1ccc(F)cc1. The van der Waals surface area contributed by atoms with Crippen LogP contribution in [0.15, 0.2) is 59.5 Å². The van der Waals surface area contributed by atoms with Gasteiger partial charge in [-0.05, 0) is 56.3 Å². The van der Waals surface area contributed by atoms with Gasteiger partial charge < -0.3 is 4.57 Å². The molecule has 1 aromatic heterocycles. The molecule has 3 aromatic rings. The predicted molar refractivity (Wildman–Crippen MR) is 104 cm³/mol. The fourth-order valence-electron chi connectivity index (χ4n) is 3.64. The Morgan fingerprint density at radius 1 is 1.03 bits per heavy atom. The van der Waals surface area contributed by atoms with Gasteiger partial charge in [-0.3, -0.25) is 9.59 Å². The van der Waals surface area contributed by atoms with Crippen LogP contribution in [0.5, 0.6) is 0 Å². The number of ketones is 1. The third kappa shape index (κ3) is 2.96. The van der Waals surface area contributed by atoms with Gasteiger partial charge in [0, 0.05) is 22.6 Å². The van der Waals surface area contributed by atoms with Crippen molar-refractivity contribution in [2.45, 2.75) is 18.7 Å². The van der Waals surface area contributed by atoms with Crippen molar-refractivity contribution in [3.8, 4) is 5.69 Å². The van der Waals surface area contributed by atoms with Crippen molar-refractivity contribution in [3.63, 3.8) is 0 Å². The second kappa shape index (κ2) is 6.66. The molecule has 0 atom stereocenters. The highest BCUT2D eigenvalue weighted by Crippen LogP contribution is 2.30. The lowest BCUT2D eigenvalue weighted by Gasteiger charge is -2.14. The summed E-state index contributed by atoms with van der Waals surface area (Å²) in [6.07, 6.45) is 0. The van der Waals surface area contributed by atoms with Gasteiger partial charge in [-0.1, -0.05) is 12.1 Å². The maximum atomic E-state index is 13.2. The molecule has 0 saturated heterocycles. The number of carbonyl (C=O) groups excluding carboxylic acids is 2. The van der Waals surface area contributed by atoms with Gasteiger partial charge in [0.15, 0.2) is 5.78 Å². The van der Waals surface area contributed by atoms with Gasteiger partial charge in [0.25, 0.3) is 15.9 Å². The van der Waals surface area contributed by atoms with Crippen molar-refractivity contribution >= 4 is 21.7 Å². The lowest BCUT2D eigenvalue weighted by atomic mass is 10.1. The summed E-state index contributed by atoms with van der Waals surface area (Å²) in [7, 11) is -4.06.